The lowest BCUT2D eigenvalue weighted by atomic mass is 9.85. The van der Waals surface area contributed by atoms with E-state index in [-0.39, 0.29) is 29.9 Å². The van der Waals surface area contributed by atoms with Crippen LogP contribution in [-0.2, 0) is 14.4 Å². The SMILES string of the molecule is Cc1ccc2nc(SCC(=O)N3CC[C@]4(CC(=O)NC4=O)C3)[nH]c2c1. The van der Waals surface area contributed by atoms with Gasteiger partial charge in [0.05, 0.1) is 22.2 Å². The lowest BCUT2D eigenvalue weighted by Crippen LogP contribution is -2.37. The monoisotopic (exact) mass is 358 g/mol. The van der Waals surface area contributed by atoms with Crippen molar-refractivity contribution in [2.24, 2.45) is 5.41 Å². The molecule has 3 amide bonds. The topological polar surface area (TPSA) is 95.2 Å². The molecule has 1 aromatic heterocycles. The molecular formula is C17H18N4O3S. The molecule has 1 atom stereocenters. The van der Waals surface area contributed by atoms with Crippen molar-refractivity contribution in [1.29, 1.82) is 0 Å². The van der Waals surface area contributed by atoms with Crippen LogP contribution in [0.1, 0.15) is 18.4 Å². The molecule has 130 valence electrons. The lowest BCUT2D eigenvalue weighted by molar-refractivity contribution is -0.129. The molecule has 0 saturated carbocycles. The van der Waals surface area contributed by atoms with E-state index in [4.69, 9.17) is 0 Å². The minimum absolute atomic E-state index is 0.0364. The normalized spacial score (nSPS) is 23.0. The Kier molecular flexibility index (Phi) is 3.79. The summed E-state index contributed by atoms with van der Waals surface area (Å²) in [6, 6.07) is 5.97. The molecule has 2 saturated heterocycles. The number of imidazole rings is 1. The van der Waals surface area contributed by atoms with E-state index in [2.05, 4.69) is 15.3 Å². The van der Waals surface area contributed by atoms with Crippen LogP contribution in [0.2, 0.25) is 0 Å². The maximum absolute atomic E-state index is 12.5. The summed E-state index contributed by atoms with van der Waals surface area (Å²) in [6.07, 6.45) is 0.733. The number of hydrogen-bond acceptors (Lipinski definition) is 5. The van der Waals surface area contributed by atoms with Gasteiger partial charge in [-0.1, -0.05) is 17.8 Å². The highest BCUT2D eigenvalue weighted by Gasteiger charge is 2.51. The molecule has 2 fully saturated rings. The molecular weight excluding hydrogens is 340 g/mol. The Morgan fingerprint density at radius 3 is 3.00 bits per heavy atom. The van der Waals surface area contributed by atoms with Gasteiger partial charge in [-0.3, -0.25) is 19.7 Å². The average molecular weight is 358 g/mol. The van der Waals surface area contributed by atoms with Gasteiger partial charge < -0.3 is 9.88 Å². The summed E-state index contributed by atoms with van der Waals surface area (Å²) in [7, 11) is 0. The van der Waals surface area contributed by atoms with E-state index >= 15 is 0 Å². The third-order valence-electron chi connectivity index (χ3n) is 4.89. The van der Waals surface area contributed by atoms with Crippen molar-refractivity contribution in [1.82, 2.24) is 20.2 Å². The number of likely N-dealkylation sites (tertiary alicyclic amines) is 1. The Hall–Kier alpha value is -2.35. The van der Waals surface area contributed by atoms with Gasteiger partial charge in [-0.25, -0.2) is 4.98 Å². The summed E-state index contributed by atoms with van der Waals surface area (Å²) in [5, 5.41) is 3.06. The van der Waals surface area contributed by atoms with E-state index < -0.39 is 5.41 Å². The third kappa shape index (κ3) is 2.90. The van der Waals surface area contributed by atoms with Gasteiger partial charge in [-0.05, 0) is 31.0 Å². The Morgan fingerprint density at radius 1 is 1.40 bits per heavy atom. The number of amides is 3. The highest BCUT2D eigenvalue weighted by molar-refractivity contribution is 7.99. The second-order valence-electron chi connectivity index (χ2n) is 6.75. The number of nitrogens with one attached hydrogen (secondary N) is 2. The molecule has 3 heterocycles. The van der Waals surface area contributed by atoms with Crippen LogP contribution >= 0.6 is 11.8 Å². The second kappa shape index (κ2) is 5.87. The minimum atomic E-state index is -0.714. The first-order chi connectivity index (χ1) is 11.9. The van der Waals surface area contributed by atoms with Gasteiger partial charge in [-0.15, -0.1) is 0 Å². The van der Waals surface area contributed by atoms with E-state index in [1.165, 1.54) is 11.8 Å². The largest absolute Gasteiger partial charge is 0.341 e. The van der Waals surface area contributed by atoms with Crippen LogP contribution in [0.3, 0.4) is 0 Å². The summed E-state index contributed by atoms with van der Waals surface area (Å²) in [4.78, 5) is 45.3. The number of carbonyl (C=O) groups excluding carboxylic acids is 3. The molecule has 0 unspecified atom stereocenters. The highest BCUT2D eigenvalue weighted by atomic mass is 32.2. The molecule has 1 spiro atoms. The zero-order chi connectivity index (χ0) is 17.6. The standard InChI is InChI=1S/C17H18N4O3S/c1-10-2-3-11-12(6-10)19-16(18-11)25-8-14(23)21-5-4-17(9-21)7-13(22)20-15(17)24/h2-3,6H,4-5,7-9H2,1H3,(H,18,19)(H,20,22,24)/t17-/m0/s1. The van der Waals surface area contributed by atoms with Gasteiger partial charge in [-0.2, -0.15) is 0 Å². The lowest BCUT2D eigenvalue weighted by Gasteiger charge is -2.20. The average Bonchev–Trinajstić information content (AvgIpc) is 3.23. The van der Waals surface area contributed by atoms with E-state index in [9.17, 15) is 14.4 Å². The smallest absolute Gasteiger partial charge is 0.235 e. The first kappa shape index (κ1) is 16.1. The van der Waals surface area contributed by atoms with Crippen LogP contribution in [0, 0.1) is 12.3 Å². The number of carbonyl (C=O) groups is 3. The molecule has 0 bridgehead atoms. The van der Waals surface area contributed by atoms with Crippen LogP contribution in [0.5, 0.6) is 0 Å². The van der Waals surface area contributed by atoms with Crippen molar-refractivity contribution in [2.75, 3.05) is 18.8 Å². The summed E-state index contributed by atoms with van der Waals surface area (Å²) < 4.78 is 0. The number of aryl methyl sites for hydroxylation is 1. The Morgan fingerprint density at radius 2 is 2.24 bits per heavy atom. The van der Waals surface area contributed by atoms with Crippen molar-refractivity contribution >= 4 is 40.5 Å². The van der Waals surface area contributed by atoms with Crippen LogP contribution in [-0.4, -0.2) is 51.4 Å². The maximum Gasteiger partial charge on any atom is 0.235 e. The predicted octanol–water partition coefficient (Wildman–Crippen LogP) is 1.23. The molecule has 25 heavy (non-hydrogen) atoms. The fourth-order valence-corrected chi connectivity index (χ4v) is 4.28. The van der Waals surface area contributed by atoms with Crippen LogP contribution in [0.15, 0.2) is 23.4 Å². The number of nitrogens with zero attached hydrogens (tertiary/aromatic N) is 2. The number of benzene rings is 1. The van der Waals surface area contributed by atoms with Crippen molar-refractivity contribution in [3.8, 4) is 0 Å². The Labute approximate surface area is 148 Å². The number of thioether (sulfide) groups is 1. The van der Waals surface area contributed by atoms with E-state index in [0.717, 1.165) is 16.6 Å². The van der Waals surface area contributed by atoms with Crippen molar-refractivity contribution in [3.63, 3.8) is 0 Å². The molecule has 8 heteroatoms. The van der Waals surface area contributed by atoms with Crippen molar-refractivity contribution in [2.45, 2.75) is 24.9 Å². The van der Waals surface area contributed by atoms with Crippen LogP contribution in [0.4, 0.5) is 0 Å². The highest BCUT2D eigenvalue weighted by Crippen LogP contribution is 2.37. The fraction of sp³-hybridized carbons (Fsp3) is 0.412. The second-order valence-corrected chi connectivity index (χ2v) is 7.71. The number of rotatable bonds is 3. The molecule has 2 N–H and O–H groups in total. The summed E-state index contributed by atoms with van der Waals surface area (Å²) in [6.45, 7) is 2.85. The van der Waals surface area contributed by atoms with Gasteiger partial charge in [0.1, 0.15) is 0 Å². The van der Waals surface area contributed by atoms with Gasteiger partial charge in [0.2, 0.25) is 17.7 Å². The summed E-state index contributed by atoms with van der Waals surface area (Å²) in [5.41, 5.74) is 2.27. The van der Waals surface area contributed by atoms with Gasteiger partial charge in [0.15, 0.2) is 5.16 Å². The Balaban J connectivity index is 1.39. The number of H-pyrrole nitrogens is 1. The molecule has 1 aromatic carbocycles. The molecule has 0 radical (unpaired) electrons. The minimum Gasteiger partial charge on any atom is -0.341 e. The number of aromatic nitrogens is 2. The molecule has 4 rings (SSSR count). The van der Waals surface area contributed by atoms with Gasteiger partial charge in [0, 0.05) is 19.5 Å². The van der Waals surface area contributed by atoms with Crippen LogP contribution < -0.4 is 5.32 Å². The number of fused-ring (bicyclic) bond motifs is 1. The van der Waals surface area contributed by atoms with E-state index in [1.807, 2.05) is 25.1 Å². The zero-order valence-electron chi connectivity index (χ0n) is 13.8. The molecule has 2 aliphatic heterocycles. The molecule has 2 aromatic rings. The van der Waals surface area contributed by atoms with Crippen molar-refractivity contribution < 1.29 is 14.4 Å². The van der Waals surface area contributed by atoms with Crippen molar-refractivity contribution in [3.05, 3.63) is 23.8 Å². The van der Waals surface area contributed by atoms with E-state index in [0.29, 0.717) is 24.7 Å². The number of imide groups is 1. The van der Waals surface area contributed by atoms with Gasteiger partial charge in [0.25, 0.3) is 0 Å². The van der Waals surface area contributed by atoms with E-state index in [1.54, 1.807) is 4.90 Å². The molecule has 7 nitrogen and oxygen atoms in total. The quantitative estimate of drug-likeness (QED) is 0.636. The zero-order valence-corrected chi connectivity index (χ0v) is 14.6. The summed E-state index contributed by atoms with van der Waals surface area (Å²) in [5.74, 6) is -0.269. The maximum atomic E-state index is 12.5. The first-order valence-corrected chi connectivity index (χ1v) is 9.15. The number of aromatic amines is 1. The Bertz CT molecular complexity index is 893. The van der Waals surface area contributed by atoms with Crippen LogP contribution in [0.25, 0.3) is 11.0 Å². The predicted molar refractivity (Wildman–Crippen MR) is 93.0 cm³/mol. The fourth-order valence-electron chi connectivity index (χ4n) is 3.50. The third-order valence-corrected chi connectivity index (χ3v) is 5.75. The molecule has 0 aliphatic carbocycles. The number of hydrogen-bond donors (Lipinski definition) is 2. The van der Waals surface area contributed by atoms with Gasteiger partial charge >= 0.3 is 0 Å². The summed E-state index contributed by atoms with van der Waals surface area (Å²) >= 11 is 1.35. The first-order valence-electron chi connectivity index (χ1n) is 8.16. The molecule has 2 aliphatic rings.